The summed E-state index contributed by atoms with van der Waals surface area (Å²) < 4.78 is 2.14. The molecule has 0 saturated carbocycles. The highest BCUT2D eigenvalue weighted by atomic mass is 35.7. The van der Waals surface area contributed by atoms with Gasteiger partial charge in [0, 0.05) is 24.3 Å². The van der Waals surface area contributed by atoms with Crippen molar-refractivity contribution in [1.29, 1.82) is 0 Å². The third kappa shape index (κ3) is 5.07. The van der Waals surface area contributed by atoms with Gasteiger partial charge in [0.1, 0.15) is 0 Å². The van der Waals surface area contributed by atoms with Crippen molar-refractivity contribution in [3.8, 4) is 0 Å². The molecule has 0 radical (unpaired) electrons. The van der Waals surface area contributed by atoms with Gasteiger partial charge in [-0.15, -0.1) is 0 Å². The van der Waals surface area contributed by atoms with Crippen molar-refractivity contribution in [2.24, 2.45) is 0 Å². The van der Waals surface area contributed by atoms with Gasteiger partial charge < -0.3 is 0 Å². The number of halogens is 1. The molecule has 0 saturated heterocycles. The topological polar surface area (TPSA) is 3.24 Å². The minimum absolute atomic E-state index is 1.04. The van der Waals surface area contributed by atoms with Gasteiger partial charge in [-0.1, -0.05) is 20.3 Å². The quantitative estimate of drug-likeness (QED) is 0.580. The van der Waals surface area contributed by atoms with E-state index in [4.69, 9.17) is 10.7 Å². The van der Waals surface area contributed by atoms with Crippen molar-refractivity contribution in [3.05, 3.63) is 0 Å². The third-order valence-electron chi connectivity index (χ3n) is 1.21. The Morgan fingerprint density at radius 3 is 2.44 bits per heavy atom. The summed E-state index contributed by atoms with van der Waals surface area (Å²) in [5.41, 5.74) is 0. The minimum atomic E-state index is 1.04. The summed E-state index contributed by atoms with van der Waals surface area (Å²) in [6.07, 6.45) is 2.49. The molecule has 9 heavy (non-hydrogen) atoms. The van der Waals surface area contributed by atoms with Crippen molar-refractivity contribution >= 4 is 21.8 Å². The van der Waals surface area contributed by atoms with Crippen LogP contribution in [0.1, 0.15) is 26.7 Å². The lowest BCUT2D eigenvalue weighted by molar-refractivity contribution is 0.483. The van der Waals surface area contributed by atoms with Gasteiger partial charge in [-0.3, -0.25) is 0 Å². The van der Waals surface area contributed by atoms with Gasteiger partial charge in [0.05, 0.1) is 0 Å². The fourth-order valence-corrected chi connectivity index (χ4v) is 1.37. The molecule has 56 valence electrons. The van der Waals surface area contributed by atoms with Crippen LogP contribution in [0.15, 0.2) is 0 Å². The van der Waals surface area contributed by atoms with Gasteiger partial charge in [-0.05, 0) is 17.1 Å². The summed E-state index contributed by atoms with van der Waals surface area (Å²) in [5, 5.41) is 0. The number of hydrogen-bond acceptors (Lipinski definition) is 2. The summed E-state index contributed by atoms with van der Waals surface area (Å²) >= 11 is 1.32. The molecular formula is C6H14ClNS. The first-order valence-electron chi connectivity index (χ1n) is 3.38. The van der Waals surface area contributed by atoms with E-state index in [0.29, 0.717) is 0 Å². The maximum atomic E-state index is 5.55. The van der Waals surface area contributed by atoms with Crippen LogP contribution in [0.5, 0.6) is 0 Å². The second-order valence-corrected chi connectivity index (χ2v) is 3.01. The van der Waals surface area contributed by atoms with Gasteiger partial charge in [0.25, 0.3) is 0 Å². The average molecular weight is 168 g/mol. The van der Waals surface area contributed by atoms with Crippen molar-refractivity contribution in [1.82, 2.24) is 4.31 Å². The summed E-state index contributed by atoms with van der Waals surface area (Å²) in [7, 11) is 5.55. The normalized spacial score (nSPS) is 10.7. The Balaban J connectivity index is 3.09. The highest BCUT2D eigenvalue weighted by Crippen LogP contribution is 2.13. The smallest absolute Gasteiger partial charge is 0.0307 e. The number of rotatable bonds is 5. The van der Waals surface area contributed by atoms with Crippen molar-refractivity contribution in [3.63, 3.8) is 0 Å². The van der Waals surface area contributed by atoms with Crippen LogP contribution in [0, 0.1) is 0 Å². The van der Waals surface area contributed by atoms with Crippen molar-refractivity contribution in [2.45, 2.75) is 26.7 Å². The molecule has 0 aromatic rings. The molecule has 0 aliphatic carbocycles. The van der Waals surface area contributed by atoms with Crippen LogP contribution in [0.3, 0.4) is 0 Å². The lowest BCUT2D eigenvalue weighted by Crippen LogP contribution is -2.14. The first-order valence-corrected chi connectivity index (χ1v) is 4.98. The Bertz CT molecular complexity index is 57.0. The number of unbranched alkanes of at least 4 members (excludes halogenated alkanes) is 1. The van der Waals surface area contributed by atoms with E-state index in [2.05, 4.69) is 18.2 Å². The summed E-state index contributed by atoms with van der Waals surface area (Å²) in [5.74, 6) is 0. The lowest BCUT2D eigenvalue weighted by Gasteiger charge is -2.13. The maximum Gasteiger partial charge on any atom is 0.0307 e. The van der Waals surface area contributed by atoms with Crippen molar-refractivity contribution < 1.29 is 0 Å². The first-order chi connectivity index (χ1) is 4.35. The molecule has 0 aliphatic heterocycles. The molecule has 0 aromatic carbocycles. The van der Waals surface area contributed by atoms with E-state index in [1.807, 2.05) is 0 Å². The first kappa shape index (κ1) is 9.60. The predicted octanol–water partition coefficient (Wildman–Crippen LogP) is 2.91. The second kappa shape index (κ2) is 6.72. The van der Waals surface area contributed by atoms with Crippen LogP contribution in [-0.2, 0) is 0 Å². The molecule has 1 nitrogen and oxygen atoms in total. The van der Waals surface area contributed by atoms with E-state index in [9.17, 15) is 0 Å². The van der Waals surface area contributed by atoms with Gasteiger partial charge in [-0.2, -0.15) is 0 Å². The molecule has 0 heterocycles. The maximum absolute atomic E-state index is 5.55. The van der Waals surface area contributed by atoms with Crippen molar-refractivity contribution in [2.75, 3.05) is 13.1 Å². The van der Waals surface area contributed by atoms with E-state index in [1.54, 1.807) is 0 Å². The van der Waals surface area contributed by atoms with Crippen LogP contribution in [-0.4, -0.2) is 17.4 Å². The van der Waals surface area contributed by atoms with Crippen LogP contribution < -0.4 is 0 Å². The Morgan fingerprint density at radius 2 is 2.11 bits per heavy atom. The van der Waals surface area contributed by atoms with Crippen LogP contribution in [0.4, 0.5) is 0 Å². The van der Waals surface area contributed by atoms with Crippen LogP contribution in [0.25, 0.3) is 0 Å². The molecule has 0 amide bonds. The second-order valence-electron chi connectivity index (χ2n) is 1.94. The molecule has 0 unspecified atom stereocenters. The van der Waals surface area contributed by atoms with E-state index in [1.165, 1.54) is 24.0 Å². The molecule has 0 aliphatic rings. The fraction of sp³-hybridized carbons (Fsp3) is 1.00. The summed E-state index contributed by atoms with van der Waals surface area (Å²) in [6, 6.07) is 0. The largest absolute Gasteiger partial charge is 0.237 e. The monoisotopic (exact) mass is 167 g/mol. The Morgan fingerprint density at radius 1 is 1.44 bits per heavy atom. The zero-order chi connectivity index (χ0) is 7.11. The van der Waals surface area contributed by atoms with Crippen LogP contribution >= 0.6 is 21.8 Å². The Kier molecular flexibility index (Phi) is 7.16. The van der Waals surface area contributed by atoms with E-state index in [-0.39, 0.29) is 0 Å². The highest BCUT2D eigenvalue weighted by Gasteiger charge is 1.97. The molecule has 0 fully saturated rings. The highest BCUT2D eigenvalue weighted by molar-refractivity contribution is 8.19. The van der Waals surface area contributed by atoms with Gasteiger partial charge in [0.15, 0.2) is 0 Å². The minimum Gasteiger partial charge on any atom is -0.237 e. The number of nitrogens with zero attached hydrogens (tertiary/aromatic N) is 1. The zero-order valence-electron chi connectivity index (χ0n) is 6.06. The van der Waals surface area contributed by atoms with Gasteiger partial charge >= 0.3 is 0 Å². The van der Waals surface area contributed by atoms with E-state index >= 15 is 0 Å². The molecule has 0 aromatic heterocycles. The zero-order valence-corrected chi connectivity index (χ0v) is 7.63. The molecule has 0 atom stereocenters. The molecular weight excluding hydrogens is 154 g/mol. The molecule has 0 N–H and O–H groups in total. The SMILES string of the molecule is CCCCN(CC)SCl. The molecule has 3 heteroatoms. The van der Waals surface area contributed by atoms with Crippen LogP contribution in [0.2, 0.25) is 0 Å². The molecule has 0 rings (SSSR count). The van der Waals surface area contributed by atoms with E-state index in [0.717, 1.165) is 13.1 Å². The van der Waals surface area contributed by atoms with Gasteiger partial charge in [-0.25, -0.2) is 4.31 Å². The third-order valence-corrected chi connectivity index (χ3v) is 2.43. The average Bonchev–Trinajstić information content (AvgIpc) is 1.91. The molecule has 0 spiro atoms. The number of hydrogen-bond donors (Lipinski definition) is 0. The summed E-state index contributed by atoms with van der Waals surface area (Å²) in [6.45, 7) is 6.45. The van der Waals surface area contributed by atoms with Gasteiger partial charge in [0.2, 0.25) is 0 Å². The lowest BCUT2D eigenvalue weighted by atomic mass is 10.3. The Labute approximate surface area is 66.4 Å². The van der Waals surface area contributed by atoms with E-state index < -0.39 is 0 Å². The fourth-order valence-electron chi connectivity index (χ4n) is 0.576. The summed E-state index contributed by atoms with van der Waals surface area (Å²) in [4.78, 5) is 0. The predicted molar refractivity (Wildman–Crippen MR) is 45.6 cm³/mol. The molecule has 0 bridgehead atoms. The Hall–Kier alpha value is 0.600. The standard InChI is InChI=1S/C6H14ClNS/c1-3-5-6-8(4-2)9-7/h3-6H2,1-2H3.